The molecule has 154 valence electrons. The van der Waals surface area contributed by atoms with E-state index in [0.717, 1.165) is 4.90 Å². The summed E-state index contributed by atoms with van der Waals surface area (Å²) in [7, 11) is 0. The summed E-state index contributed by atoms with van der Waals surface area (Å²) >= 11 is 0. The Morgan fingerprint density at radius 1 is 1.21 bits per heavy atom. The molecule has 0 spiro atoms. The Labute approximate surface area is 167 Å². The van der Waals surface area contributed by atoms with Gasteiger partial charge in [-0.25, -0.2) is 14.2 Å². The molecule has 2 aromatic rings. The number of aromatic nitrogens is 1. The third-order valence-electron chi connectivity index (χ3n) is 5.03. The molecule has 0 bridgehead atoms. The van der Waals surface area contributed by atoms with E-state index in [1.807, 2.05) is 13.8 Å². The number of nitrogens with one attached hydrogen (secondary N) is 1. The van der Waals surface area contributed by atoms with Gasteiger partial charge in [0.1, 0.15) is 12.2 Å². The zero-order valence-corrected chi connectivity index (χ0v) is 16.2. The average Bonchev–Trinajstić information content (AvgIpc) is 3.08. The molecule has 8 heteroatoms. The molecule has 1 aliphatic heterocycles. The lowest BCUT2D eigenvalue weighted by atomic mass is 9.99. The summed E-state index contributed by atoms with van der Waals surface area (Å²) in [4.78, 5) is 29.0. The maximum Gasteiger partial charge on any atom is 0.408 e. The number of halogens is 2. The normalized spacial score (nSPS) is 20.0. The van der Waals surface area contributed by atoms with E-state index in [1.54, 1.807) is 42.5 Å². The third kappa shape index (κ3) is 4.52. The van der Waals surface area contributed by atoms with Crippen LogP contribution in [-0.2, 0) is 4.79 Å². The highest BCUT2D eigenvalue weighted by Crippen LogP contribution is 2.26. The summed E-state index contributed by atoms with van der Waals surface area (Å²) in [6.07, 6.45) is -2.97. The lowest BCUT2D eigenvalue weighted by Gasteiger charge is -2.25. The number of benzene rings is 1. The quantitative estimate of drug-likeness (QED) is 0.747. The number of hydrogen-bond acceptors (Lipinski definition) is 3. The second-order valence-corrected chi connectivity index (χ2v) is 7.41. The fourth-order valence-corrected chi connectivity index (χ4v) is 3.51. The average molecular weight is 403 g/mol. The molecule has 1 fully saturated rings. The highest BCUT2D eigenvalue weighted by molar-refractivity contribution is 5.86. The summed E-state index contributed by atoms with van der Waals surface area (Å²) in [5.41, 5.74) is 1.39. The van der Waals surface area contributed by atoms with Crippen LogP contribution in [0.5, 0.6) is 0 Å². The minimum Gasteiger partial charge on any atom is -0.465 e. The summed E-state index contributed by atoms with van der Waals surface area (Å²) in [6.45, 7) is 3.35. The maximum absolute atomic E-state index is 14.5. The van der Waals surface area contributed by atoms with E-state index in [9.17, 15) is 23.5 Å². The number of alkyl halides is 1. The van der Waals surface area contributed by atoms with Crippen molar-refractivity contribution in [1.82, 2.24) is 15.2 Å². The van der Waals surface area contributed by atoms with Crippen LogP contribution in [0.2, 0.25) is 0 Å². The largest absolute Gasteiger partial charge is 0.465 e. The Bertz CT molecular complexity index is 892. The smallest absolute Gasteiger partial charge is 0.408 e. The van der Waals surface area contributed by atoms with E-state index in [4.69, 9.17) is 0 Å². The molecule has 1 aromatic carbocycles. The first-order valence-corrected chi connectivity index (χ1v) is 9.43. The summed E-state index contributed by atoms with van der Waals surface area (Å²) in [5.74, 6) is -1.31. The molecule has 3 rings (SSSR count). The highest BCUT2D eigenvalue weighted by atomic mass is 19.1. The van der Waals surface area contributed by atoms with E-state index < -0.39 is 36.2 Å². The Balaban J connectivity index is 1.92. The number of pyridine rings is 1. The molecule has 0 saturated carbocycles. The Hall–Kier alpha value is -3.03. The van der Waals surface area contributed by atoms with Crippen molar-refractivity contribution in [3.05, 3.63) is 65.2 Å². The first-order valence-electron chi connectivity index (χ1n) is 9.43. The second-order valence-electron chi connectivity index (χ2n) is 7.41. The molecular formula is C21H23F2N3O3. The number of carbonyl (C=O) groups is 2. The monoisotopic (exact) mass is 403 g/mol. The molecule has 3 atom stereocenters. The zero-order chi connectivity index (χ0) is 21.1. The van der Waals surface area contributed by atoms with Crippen LogP contribution in [0.3, 0.4) is 0 Å². The summed E-state index contributed by atoms with van der Waals surface area (Å²) < 4.78 is 28.2. The van der Waals surface area contributed by atoms with Gasteiger partial charge >= 0.3 is 6.09 Å². The number of carboxylic acid groups (broad SMARTS) is 1. The van der Waals surface area contributed by atoms with Crippen LogP contribution in [0, 0.1) is 5.95 Å². The van der Waals surface area contributed by atoms with Crippen LogP contribution in [0.25, 0.3) is 0 Å². The van der Waals surface area contributed by atoms with E-state index in [0.29, 0.717) is 11.1 Å². The van der Waals surface area contributed by atoms with Crippen molar-refractivity contribution in [2.45, 2.75) is 44.4 Å². The first kappa shape index (κ1) is 20.7. The molecular weight excluding hydrogens is 380 g/mol. The van der Waals surface area contributed by atoms with Gasteiger partial charge in [0, 0.05) is 12.0 Å². The second kappa shape index (κ2) is 8.55. The van der Waals surface area contributed by atoms with Gasteiger partial charge in [-0.05, 0) is 17.5 Å². The number of amides is 2. The van der Waals surface area contributed by atoms with E-state index in [1.165, 1.54) is 0 Å². The van der Waals surface area contributed by atoms with Crippen LogP contribution in [0.1, 0.15) is 49.0 Å². The fraction of sp³-hybridized carbons (Fsp3) is 0.381. The number of hydrogen-bond donors (Lipinski definition) is 2. The first-order chi connectivity index (χ1) is 13.8. The molecule has 29 heavy (non-hydrogen) atoms. The molecule has 3 unspecified atom stereocenters. The van der Waals surface area contributed by atoms with E-state index in [2.05, 4.69) is 10.3 Å². The van der Waals surface area contributed by atoms with Crippen molar-refractivity contribution < 1.29 is 23.5 Å². The molecule has 2 amide bonds. The molecule has 1 saturated heterocycles. The van der Waals surface area contributed by atoms with Gasteiger partial charge in [-0.2, -0.15) is 4.39 Å². The number of nitrogens with zero attached hydrogens (tertiary/aromatic N) is 2. The van der Waals surface area contributed by atoms with Crippen LogP contribution in [0.15, 0.2) is 42.5 Å². The van der Waals surface area contributed by atoms with Crippen molar-refractivity contribution in [3.63, 3.8) is 0 Å². The predicted molar refractivity (Wildman–Crippen MR) is 103 cm³/mol. The zero-order valence-electron chi connectivity index (χ0n) is 16.2. The SMILES string of the molecule is CC(C)c1ccc(C(NC(=O)C2CC(F)CN2C(=O)O)c2ccccc2)nc1F. The van der Waals surface area contributed by atoms with Crippen LogP contribution < -0.4 is 5.32 Å². The topological polar surface area (TPSA) is 82.5 Å². The van der Waals surface area contributed by atoms with Gasteiger partial charge in [0.2, 0.25) is 11.9 Å². The van der Waals surface area contributed by atoms with Crippen molar-refractivity contribution in [2.75, 3.05) is 6.54 Å². The van der Waals surface area contributed by atoms with Crippen molar-refractivity contribution in [2.24, 2.45) is 0 Å². The third-order valence-corrected chi connectivity index (χ3v) is 5.03. The van der Waals surface area contributed by atoms with Gasteiger partial charge in [0.05, 0.1) is 18.3 Å². The van der Waals surface area contributed by atoms with Crippen molar-refractivity contribution >= 4 is 12.0 Å². The van der Waals surface area contributed by atoms with Gasteiger partial charge in [-0.1, -0.05) is 50.2 Å². The number of rotatable bonds is 5. The van der Waals surface area contributed by atoms with Crippen molar-refractivity contribution in [1.29, 1.82) is 0 Å². The van der Waals surface area contributed by atoms with Gasteiger partial charge in [-0.3, -0.25) is 9.69 Å². The van der Waals surface area contributed by atoms with E-state index in [-0.39, 0.29) is 24.6 Å². The van der Waals surface area contributed by atoms with Crippen LogP contribution in [0.4, 0.5) is 13.6 Å². The predicted octanol–water partition coefficient (Wildman–Crippen LogP) is 3.64. The molecule has 1 aromatic heterocycles. The fourth-order valence-electron chi connectivity index (χ4n) is 3.51. The molecule has 2 N–H and O–H groups in total. The minimum absolute atomic E-state index is 0.0505. The lowest BCUT2D eigenvalue weighted by molar-refractivity contribution is -0.125. The Morgan fingerprint density at radius 2 is 1.90 bits per heavy atom. The molecule has 0 radical (unpaired) electrons. The highest BCUT2D eigenvalue weighted by Gasteiger charge is 2.40. The van der Waals surface area contributed by atoms with Gasteiger partial charge < -0.3 is 10.4 Å². The van der Waals surface area contributed by atoms with Gasteiger partial charge in [0.25, 0.3) is 0 Å². The van der Waals surface area contributed by atoms with Gasteiger partial charge in [0.15, 0.2) is 0 Å². The van der Waals surface area contributed by atoms with E-state index >= 15 is 0 Å². The molecule has 1 aliphatic rings. The lowest BCUT2D eigenvalue weighted by Crippen LogP contribution is -2.46. The van der Waals surface area contributed by atoms with Crippen molar-refractivity contribution in [3.8, 4) is 0 Å². The molecule has 0 aliphatic carbocycles. The maximum atomic E-state index is 14.5. The van der Waals surface area contributed by atoms with Crippen LogP contribution in [-0.4, -0.2) is 45.7 Å². The Kier molecular flexibility index (Phi) is 6.10. The molecule has 6 nitrogen and oxygen atoms in total. The van der Waals surface area contributed by atoms with Gasteiger partial charge in [-0.15, -0.1) is 0 Å². The number of likely N-dealkylation sites (tertiary alicyclic amines) is 1. The Morgan fingerprint density at radius 3 is 2.48 bits per heavy atom. The summed E-state index contributed by atoms with van der Waals surface area (Å²) in [6, 6.07) is 10.2. The summed E-state index contributed by atoms with van der Waals surface area (Å²) in [5, 5.41) is 12.0. The standard InChI is InChI=1S/C21H23F2N3O3/c1-12(2)15-8-9-16(24-19(15)23)18(13-6-4-3-5-7-13)25-20(27)17-10-14(22)11-26(17)21(28)29/h3-9,12,14,17-18H,10-11H2,1-2H3,(H,25,27)(H,28,29). The number of carbonyl (C=O) groups excluding carboxylic acids is 1. The molecule has 2 heterocycles. The van der Waals surface area contributed by atoms with Crippen LogP contribution >= 0.6 is 0 Å². The minimum atomic E-state index is -1.40.